The highest BCUT2D eigenvalue weighted by atomic mass is 16.5. The molecule has 4 nitrogen and oxygen atoms in total. The van der Waals surface area contributed by atoms with E-state index in [4.69, 9.17) is 4.74 Å². The van der Waals surface area contributed by atoms with Gasteiger partial charge >= 0.3 is 5.97 Å². The number of likely N-dealkylation sites (N-methyl/N-ethyl adjacent to an activating group) is 1. The Morgan fingerprint density at radius 3 is 2.44 bits per heavy atom. The Hall–Kier alpha value is -0.610. The molecule has 0 aromatic rings. The summed E-state index contributed by atoms with van der Waals surface area (Å²) in [5, 5.41) is 9.47. The van der Waals surface area contributed by atoms with Crippen LogP contribution in [0.25, 0.3) is 0 Å². The molecule has 0 saturated carbocycles. The Kier molecular flexibility index (Phi) is 6.09. The summed E-state index contributed by atoms with van der Waals surface area (Å²) < 4.78 is 5.64. The van der Waals surface area contributed by atoms with Crippen molar-refractivity contribution < 1.29 is 14.6 Å². The van der Waals surface area contributed by atoms with Gasteiger partial charge in [0, 0.05) is 19.7 Å². The van der Waals surface area contributed by atoms with E-state index < -0.39 is 11.4 Å². The second-order valence-electron chi connectivity index (χ2n) is 5.26. The molecule has 1 rings (SSSR count). The van der Waals surface area contributed by atoms with Crippen LogP contribution in [0.3, 0.4) is 0 Å². The predicted molar refractivity (Wildman–Crippen MR) is 71.7 cm³/mol. The lowest BCUT2D eigenvalue weighted by atomic mass is 9.81. The van der Waals surface area contributed by atoms with Crippen LogP contribution < -0.4 is 0 Å². The van der Waals surface area contributed by atoms with Crippen molar-refractivity contribution in [3.8, 4) is 0 Å². The van der Waals surface area contributed by atoms with Gasteiger partial charge in [-0.3, -0.25) is 9.69 Å². The topological polar surface area (TPSA) is 49.8 Å². The minimum absolute atomic E-state index is 0.296. The van der Waals surface area contributed by atoms with Gasteiger partial charge in [-0.1, -0.05) is 20.8 Å². The number of carboxylic acid groups (broad SMARTS) is 1. The van der Waals surface area contributed by atoms with E-state index in [2.05, 4.69) is 11.8 Å². The fraction of sp³-hybridized carbons (Fsp3) is 0.929. The third kappa shape index (κ3) is 3.69. The highest BCUT2D eigenvalue weighted by Gasteiger charge is 2.37. The molecular formula is C14H27NO3. The van der Waals surface area contributed by atoms with Gasteiger partial charge in [0.25, 0.3) is 0 Å². The van der Waals surface area contributed by atoms with Crippen LogP contribution in [0.4, 0.5) is 0 Å². The predicted octanol–water partition coefficient (Wildman–Crippen LogP) is 2.38. The Bertz CT molecular complexity index is 258. The van der Waals surface area contributed by atoms with Crippen LogP contribution in [0, 0.1) is 5.41 Å². The molecule has 0 aliphatic carbocycles. The minimum atomic E-state index is -0.668. The molecule has 1 saturated heterocycles. The van der Waals surface area contributed by atoms with Crippen LogP contribution in [-0.2, 0) is 9.53 Å². The lowest BCUT2D eigenvalue weighted by molar-refractivity contribution is -0.151. The third-order valence-electron chi connectivity index (χ3n) is 4.27. The monoisotopic (exact) mass is 257 g/mol. The van der Waals surface area contributed by atoms with Crippen LogP contribution in [0.2, 0.25) is 0 Å². The van der Waals surface area contributed by atoms with Gasteiger partial charge in [-0.05, 0) is 32.2 Å². The van der Waals surface area contributed by atoms with Crippen molar-refractivity contribution in [1.82, 2.24) is 4.90 Å². The Morgan fingerprint density at radius 1 is 1.39 bits per heavy atom. The maximum atomic E-state index is 11.5. The van der Waals surface area contributed by atoms with Crippen LogP contribution in [0.1, 0.15) is 46.5 Å². The van der Waals surface area contributed by atoms with E-state index in [0.29, 0.717) is 25.5 Å². The van der Waals surface area contributed by atoms with Crippen LogP contribution >= 0.6 is 0 Å². The zero-order valence-electron chi connectivity index (χ0n) is 11.9. The summed E-state index contributed by atoms with van der Waals surface area (Å²) in [4.78, 5) is 13.7. The summed E-state index contributed by atoms with van der Waals surface area (Å²) in [6.07, 6.45) is 3.90. The molecule has 106 valence electrons. The first kappa shape index (κ1) is 15.4. The van der Waals surface area contributed by atoms with Crippen LogP contribution in [0.5, 0.6) is 0 Å². The molecule has 1 fully saturated rings. The van der Waals surface area contributed by atoms with Crippen molar-refractivity contribution in [3.63, 3.8) is 0 Å². The number of hydrogen-bond donors (Lipinski definition) is 1. The molecule has 4 heteroatoms. The number of carboxylic acids is 1. The van der Waals surface area contributed by atoms with E-state index in [1.54, 1.807) is 0 Å². The molecule has 18 heavy (non-hydrogen) atoms. The van der Waals surface area contributed by atoms with E-state index in [1.165, 1.54) is 0 Å². The number of rotatable bonds is 8. The van der Waals surface area contributed by atoms with Gasteiger partial charge in [-0.2, -0.15) is 0 Å². The number of hydrogen-bond acceptors (Lipinski definition) is 3. The van der Waals surface area contributed by atoms with Gasteiger partial charge in [0.1, 0.15) is 0 Å². The summed E-state index contributed by atoms with van der Waals surface area (Å²) in [5.41, 5.74) is -0.603. The molecule has 1 N–H and O–H groups in total. The molecule has 0 aromatic heterocycles. The minimum Gasteiger partial charge on any atom is -0.481 e. The van der Waals surface area contributed by atoms with Crippen molar-refractivity contribution in [1.29, 1.82) is 0 Å². The largest absolute Gasteiger partial charge is 0.481 e. The van der Waals surface area contributed by atoms with Crippen molar-refractivity contribution in [3.05, 3.63) is 0 Å². The van der Waals surface area contributed by atoms with Crippen molar-refractivity contribution in [2.45, 2.75) is 52.6 Å². The summed E-state index contributed by atoms with van der Waals surface area (Å²) in [6, 6.07) is 0. The summed E-state index contributed by atoms with van der Waals surface area (Å²) in [5.74, 6) is -0.668. The van der Waals surface area contributed by atoms with Crippen molar-refractivity contribution in [2.75, 3.05) is 26.2 Å². The van der Waals surface area contributed by atoms with Crippen molar-refractivity contribution in [2.24, 2.45) is 5.41 Å². The fourth-order valence-corrected chi connectivity index (χ4v) is 2.65. The van der Waals surface area contributed by atoms with Gasteiger partial charge in [-0.15, -0.1) is 0 Å². The van der Waals surface area contributed by atoms with Gasteiger partial charge in [0.05, 0.1) is 11.5 Å². The van der Waals surface area contributed by atoms with Gasteiger partial charge in [-0.25, -0.2) is 0 Å². The van der Waals surface area contributed by atoms with E-state index in [-0.39, 0.29) is 0 Å². The summed E-state index contributed by atoms with van der Waals surface area (Å²) in [7, 11) is 0. The first-order valence-corrected chi connectivity index (χ1v) is 7.15. The first-order valence-electron chi connectivity index (χ1n) is 7.15. The van der Waals surface area contributed by atoms with Gasteiger partial charge in [0.2, 0.25) is 0 Å². The van der Waals surface area contributed by atoms with E-state index >= 15 is 0 Å². The molecule has 0 bridgehead atoms. The average molecular weight is 257 g/mol. The van der Waals surface area contributed by atoms with Crippen LogP contribution in [-0.4, -0.2) is 48.3 Å². The lowest BCUT2D eigenvalue weighted by Crippen LogP contribution is -2.45. The second-order valence-corrected chi connectivity index (χ2v) is 5.26. The van der Waals surface area contributed by atoms with E-state index in [9.17, 15) is 9.90 Å². The zero-order valence-corrected chi connectivity index (χ0v) is 11.9. The quantitative estimate of drug-likeness (QED) is 0.725. The molecule has 0 aromatic carbocycles. The number of carbonyl (C=O) groups is 1. The zero-order chi connectivity index (χ0) is 13.6. The molecule has 1 aliphatic heterocycles. The maximum Gasteiger partial charge on any atom is 0.310 e. The molecule has 0 amide bonds. The Morgan fingerprint density at radius 2 is 2.06 bits per heavy atom. The van der Waals surface area contributed by atoms with Crippen LogP contribution in [0.15, 0.2) is 0 Å². The smallest absolute Gasteiger partial charge is 0.310 e. The lowest BCUT2D eigenvalue weighted by Gasteiger charge is -2.34. The van der Waals surface area contributed by atoms with Crippen molar-refractivity contribution >= 4 is 5.97 Å². The molecule has 0 radical (unpaired) electrons. The standard InChI is InChI=1S/C14H27NO3/c1-4-14(5-2,13(16)17)11-15(6-3)10-12-8-7-9-18-12/h12H,4-11H2,1-3H3,(H,16,17). The third-order valence-corrected chi connectivity index (χ3v) is 4.27. The van der Waals surface area contributed by atoms with E-state index in [0.717, 1.165) is 32.5 Å². The maximum absolute atomic E-state index is 11.5. The number of nitrogens with zero attached hydrogens (tertiary/aromatic N) is 1. The first-order chi connectivity index (χ1) is 8.57. The average Bonchev–Trinajstić information content (AvgIpc) is 2.87. The van der Waals surface area contributed by atoms with Gasteiger partial charge < -0.3 is 9.84 Å². The summed E-state index contributed by atoms with van der Waals surface area (Å²) >= 11 is 0. The van der Waals surface area contributed by atoms with E-state index in [1.807, 2.05) is 13.8 Å². The molecule has 1 atom stereocenters. The Balaban J connectivity index is 2.60. The molecule has 0 spiro atoms. The highest BCUT2D eigenvalue weighted by Crippen LogP contribution is 2.28. The Labute approximate surface area is 110 Å². The normalized spacial score (nSPS) is 20.6. The second kappa shape index (κ2) is 7.10. The molecule has 1 heterocycles. The number of ether oxygens (including phenoxy) is 1. The fourth-order valence-electron chi connectivity index (χ4n) is 2.65. The van der Waals surface area contributed by atoms with Gasteiger partial charge in [0.15, 0.2) is 0 Å². The molecule has 1 unspecified atom stereocenters. The SMILES string of the molecule is CCN(CC1CCCO1)CC(CC)(CC)C(=O)O. The molecule has 1 aliphatic rings. The number of aliphatic carboxylic acids is 1. The highest BCUT2D eigenvalue weighted by molar-refractivity contribution is 5.74. The summed E-state index contributed by atoms with van der Waals surface area (Å²) in [6.45, 7) is 9.27. The molecular weight excluding hydrogens is 230 g/mol.